The number of hydrogen-bond acceptors (Lipinski definition) is 4. The van der Waals surface area contributed by atoms with Crippen LogP contribution in [0.1, 0.15) is 6.42 Å². The molecule has 6 nitrogen and oxygen atoms in total. The van der Waals surface area contributed by atoms with E-state index in [2.05, 4.69) is 0 Å². The molecule has 0 saturated carbocycles. The number of hydrogen-bond donors (Lipinski definition) is 1. The van der Waals surface area contributed by atoms with Crippen molar-refractivity contribution in [2.75, 3.05) is 6.54 Å². The van der Waals surface area contributed by atoms with E-state index in [0.29, 0.717) is 0 Å². The lowest BCUT2D eigenvalue weighted by Crippen LogP contribution is -2.28. The molecule has 0 amide bonds. The smallest absolute Gasteiger partial charge is 0.258 e. The Hall–Kier alpha value is -1.68. The molecule has 0 aliphatic carbocycles. The maximum Gasteiger partial charge on any atom is 0.390 e. The molecule has 0 aromatic heterocycles. The molecule has 0 heterocycles. The molecule has 1 aromatic rings. The Bertz CT molecular complexity index is 571. The highest BCUT2D eigenvalue weighted by atomic mass is 32.2. The molecule has 10 heteroatoms. The van der Waals surface area contributed by atoms with Crippen molar-refractivity contribution in [3.05, 3.63) is 34.4 Å². The van der Waals surface area contributed by atoms with Gasteiger partial charge in [0.1, 0.15) is 0 Å². The molecule has 0 aliphatic heterocycles. The monoisotopic (exact) mass is 298 g/mol. The molecule has 0 saturated heterocycles. The minimum atomic E-state index is -4.48. The maximum atomic E-state index is 11.9. The van der Waals surface area contributed by atoms with Crippen molar-refractivity contribution < 1.29 is 26.5 Å². The first-order valence-corrected chi connectivity index (χ1v) is 6.41. The van der Waals surface area contributed by atoms with Gasteiger partial charge >= 0.3 is 6.18 Å². The Labute approximate surface area is 106 Å². The van der Waals surface area contributed by atoms with E-state index in [1.165, 1.54) is 0 Å². The number of nitro benzene ring substituents is 1. The molecule has 0 aliphatic rings. The second-order valence-corrected chi connectivity index (χ2v) is 5.28. The molecular formula is C9H9F3N2O4S. The average molecular weight is 298 g/mol. The van der Waals surface area contributed by atoms with Crippen molar-refractivity contribution in [1.82, 2.24) is 4.72 Å². The summed E-state index contributed by atoms with van der Waals surface area (Å²) in [4.78, 5) is 9.22. The standard InChI is InChI=1S/C9H9F3N2O4S/c10-9(11,12)4-5-13-19(17,18)8-3-1-2-7(6-8)14(15)16/h1-3,6,13H,4-5H2. The van der Waals surface area contributed by atoms with Gasteiger partial charge in [-0.1, -0.05) is 6.07 Å². The summed E-state index contributed by atoms with van der Waals surface area (Å²) in [5, 5.41) is 10.5. The van der Waals surface area contributed by atoms with Crippen molar-refractivity contribution in [2.45, 2.75) is 17.5 Å². The SMILES string of the molecule is O=[N+]([O-])c1cccc(S(=O)(=O)NCCC(F)(F)F)c1. The van der Waals surface area contributed by atoms with Crippen LogP contribution >= 0.6 is 0 Å². The molecule has 0 bridgehead atoms. The van der Waals surface area contributed by atoms with Crippen molar-refractivity contribution in [2.24, 2.45) is 0 Å². The maximum absolute atomic E-state index is 11.9. The highest BCUT2D eigenvalue weighted by molar-refractivity contribution is 7.89. The van der Waals surface area contributed by atoms with Crippen LogP contribution in [0.2, 0.25) is 0 Å². The van der Waals surface area contributed by atoms with Gasteiger partial charge < -0.3 is 0 Å². The summed E-state index contributed by atoms with van der Waals surface area (Å²) in [6.07, 6.45) is -5.80. The number of halogens is 3. The van der Waals surface area contributed by atoms with Crippen LogP contribution in [0.3, 0.4) is 0 Å². The molecule has 0 atom stereocenters. The third kappa shape index (κ3) is 4.83. The predicted molar refractivity (Wildman–Crippen MR) is 59.0 cm³/mol. The Morgan fingerprint density at radius 3 is 2.47 bits per heavy atom. The van der Waals surface area contributed by atoms with Gasteiger partial charge in [0, 0.05) is 18.7 Å². The molecule has 0 radical (unpaired) electrons. The number of alkyl halides is 3. The average Bonchev–Trinajstić information content (AvgIpc) is 2.27. The van der Waals surface area contributed by atoms with Crippen molar-refractivity contribution in [3.8, 4) is 0 Å². The minimum absolute atomic E-state index is 0.455. The number of nitro groups is 1. The van der Waals surface area contributed by atoms with Crippen LogP contribution < -0.4 is 4.72 Å². The Kier molecular flexibility index (Phi) is 4.48. The first-order chi connectivity index (χ1) is 8.62. The number of nitrogens with zero attached hydrogens (tertiary/aromatic N) is 1. The first-order valence-electron chi connectivity index (χ1n) is 4.93. The van der Waals surface area contributed by atoms with E-state index in [4.69, 9.17) is 0 Å². The number of rotatable bonds is 5. The predicted octanol–water partition coefficient (Wildman–Crippen LogP) is 1.83. The summed E-state index contributed by atoms with van der Waals surface area (Å²) in [5.74, 6) is 0. The zero-order chi connectivity index (χ0) is 14.7. The van der Waals surface area contributed by atoms with Gasteiger partial charge in [0.2, 0.25) is 10.0 Å². The Morgan fingerprint density at radius 2 is 1.95 bits per heavy atom. The lowest BCUT2D eigenvalue weighted by atomic mass is 10.3. The minimum Gasteiger partial charge on any atom is -0.258 e. The van der Waals surface area contributed by atoms with E-state index in [0.717, 1.165) is 24.3 Å². The third-order valence-electron chi connectivity index (χ3n) is 2.04. The van der Waals surface area contributed by atoms with Gasteiger partial charge in [-0.15, -0.1) is 0 Å². The van der Waals surface area contributed by atoms with Gasteiger partial charge in [0.25, 0.3) is 5.69 Å². The molecular weight excluding hydrogens is 289 g/mol. The lowest BCUT2D eigenvalue weighted by Gasteiger charge is -2.08. The summed E-state index contributed by atoms with van der Waals surface area (Å²) >= 11 is 0. The number of non-ortho nitro benzene ring substituents is 1. The lowest BCUT2D eigenvalue weighted by molar-refractivity contribution is -0.385. The normalized spacial score (nSPS) is 12.4. The zero-order valence-electron chi connectivity index (χ0n) is 9.35. The number of sulfonamides is 1. The topological polar surface area (TPSA) is 89.3 Å². The van der Waals surface area contributed by atoms with E-state index in [9.17, 15) is 31.7 Å². The van der Waals surface area contributed by atoms with Gasteiger partial charge in [-0.05, 0) is 6.07 Å². The van der Waals surface area contributed by atoms with Crippen LogP contribution in [0.15, 0.2) is 29.2 Å². The van der Waals surface area contributed by atoms with Gasteiger partial charge in [-0.2, -0.15) is 13.2 Å². The Balaban J connectivity index is 2.83. The first kappa shape index (κ1) is 15.4. The molecule has 1 aromatic carbocycles. The largest absolute Gasteiger partial charge is 0.390 e. The van der Waals surface area contributed by atoms with E-state index < -0.39 is 44.7 Å². The summed E-state index contributed by atoms with van der Waals surface area (Å²) < 4.78 is 60.5. The second-order valence-electron chi connectivity index (χ2n) is 3.52. The van der Waals surface area contributed by atoms with Crippen molar-refractivity contribution in [1.29, 1.82) is 0 Å². The van der Waals surface area contributed by atoms with Crippen LogP contribution in [0.4, 0.5) is 18.9 Å². The van der Waals surface area contributed by atoms with Crippen LogP contribution in [0.25, 0.3) is 0 Å². The van der Waals surface area contributed by atoms with Crippen LogP contribution in [0.5, 0.6) is 0 Å². The fourth-order valence-corrected chi connectivity index (χ4v) is 2.25. The van der Waals surface area contributed by atoms with E-state index in [1.807, 2.05) is 0 Å². The summed E-state index contributed by atoms with van der Waals surface area (Å²) in [5.41, 5.74) is -0.460. The van der Waals surface area contributed by atoms with E-state index in [-0.39, 0.29) is 0 Å². The van der Waals surface area contributed by atoms with Gasteiger partial charge in [0.05, 0.1) is 16.2 Å². The molecule has 0 spiro atoms. The summed E-state index contributed by atoms with van der Waals surface area (Å²) in [7, 11) is -4.19. The van der Waals surface area contributed by atoms with E-state index >= 15 is 0 Å². The summed E-state index contributed by atoms with van der Waals surface area (Å²) in [6.45, 7) is -0.825. The molecule has 1 rings (SSSR count). The highest BCUT2D eigenvalue weighted by Crippen LogP contribution is 2.20. The van der Waals surface area contributed by atoms with Crippen molar-refractivity contribution in [3.63, 3.8) is 0 Å². The number of nitrogens with one attached hydrogen (secondary N) is 1. The van der Waals surface area contributed by atoms with E-state index in [1.54, 1.807) is 4.72 Å². The molecule has 106 valence electrons. The van der Waals surface area contributed by atoms with Gasteiger partial charge in [-0.25, -0.2) is 13.1 Å². The van der Waals surface area contributed by atoms with Gasteiger partial charge in [0.15, 0.2) is 0 Å². The van der Waals surface area contributed by atoms with Crippen molar-refractivity contribution >= 4 is 15.7 Å². The number of benzene rings is 1. The molecule has 1 N–H and O–H groups in total. The second kappa shape index (κ2) is 5.53. The van der Waals surface area contributed by atoms with Crippen LogP contribution in [0, 0.1) is 10.1 Å². The fourth-order valence-electron chi connectivity index (χ4n) is 1.17. The van der Waals surface area contributed by atoms with Crippen LogP contribution in [-0.4, -0.2) is 26.1 Å². The summed E-state index contributed by atoms with van der Waals surface area (Å²) in [6, 6.07) is 4.05. The zero-order valence-corrected chi connectivity index (χ0v) is 10.2. The van der Waals surface area contributed by atoms with Gasteiger partial charge in [-0.3, -0.25) is 10.1 Å². The third-order valence-corrected chi connectivity index (χ3v) is 3.50. The Morgan fingerprint density at radius 1 is 1.32 bits per heavy atom. The fraction of sp³-hybridized carbons (Fsp3) is 0.333. The quantitative estimate of drug-likeness (QED) is 0.663. The molecule has 0 fully saturated rings. The molecule has 19 heavy (non-hydrogen) atoms. The van der Waals surface area contributed by atoms with Crippen LogP contribution in [-0.2, 0) is 10.0 Å². The molecule has 0 unspecified atom stereocenters. The highest BCUT2D eigenvalue weighted by Gasteiger charge is 2.27.